The summed E-state index contributed by atoms with van der Waals surface area (Å²) in [6, 6.07) is 4.00. The van der Waals surface area contributed by atoms with Gasteiger partial charge in [-0.3, -0.25) is 4.79 Å². The predicted molar refractivity (Wildman–Crippen MR) is 115 cm³/mol. The van der Waals surface area contributed by atoms with Crippen molar-refractivity contribution in [3.63, 3.8) is 0 Å². The van der Waals surface area contributed by atoms with Crippen LogP contribution >= 0.6 is 11.6 Å². The van der Waals surface area contributed by atoms with Gasteiger partial charge >= 0.3 is 5.97 Å². The summed E-state index contributed by atoms with van der Waals surface area (Å²) in [5.41, 5.74) is 0.0157. The smallest absolute Gasteiger partial charge is 0.338 e. The molecule has 10 heteroatoms. The molecule has 0 aromatic heterocycles. The monoisotopic (exact) mass is 472 g/mol. The van der Waals surface area contributed by atoms with Gasteiger partial charge in [-0.1, -0.05) is 31.4 Å². The van der Waals surface area contributed by atoms with E-state index in [1.165, 1.54) is 29.4 Å². The summed E-state index contributed by atoms with van der Waals surface area (Å²) in [7, 11) is -3.88. The number of hydrogen-bond acceptors (Lipinski definition) is 6. The molecule has 1 aliphatic carbocycles. The number of carbonyl (C=O) groups is 2. The molecular formula is C21H29ClN2O6S. The van der Waals surface area contributed by atoms with Crippen LogP contribution in [-0.2, 0) is 24.3 Å². The summed E-state index contributed by atoms with van der Waals surface area (Å²) >= 11 is 6.13. The highest BCUT2D eigenvalue weighted by Crippen LogP contribution is 2.27. The van der Waals surface area contributed by atoms with E-state index in [-0.39, 0.29) is 40.5 Å². The van der Waals surface area contributed by atoms with Gasteiger partial charge in [0.15, 0.2) is 6.10 Å². The molecule has 0 spiro atoms. The number of hydrogen-bond donors (Lipinski definition) is 1. The molecule has 0 bridgehead atoms. The highest BCUT2D eigenvalue weighted by molar-refractivity contribution is 7.89. The third-order valence-electron chi connectivity index (χ3n) is 5.85. The Hall–Kier alpha value is -1.68. The zero-order chi connectivity index (χ0) is 22.6. The Bertz CT molecular complexity index is 916. The maximum Gasteiger partial charge on any atom is 0.338 e. The number of esters is 1. The summed E-state index contributed by atoms with van der Waals surface area (Å²) in [6.45, 7) is 4.62. The average Bonchev–Trinajstić information content (AvgIpc) is 2.76. The Labute approximate surface area is 188 Å². The molecule has 2 fully saturated rings. The molecule has 1 saturated heterocycles. The summed E-state index contributed by atoms with van der Waals surface area (Å²) in [5.74, 6) is -0.763. The van der Waals surface area contributed by atoms with Crippen molar-refractivity contribution in [2.45, 2.75) is 56.6 Å². The van der Waals surface area contributed by atoms with Crippen LogP contribution in [0.5, 0.6) is 0 Å². The minimum absolute atomic E-state index is 0.0140. The van der Waals surface area contributed by atoms with E-state index in [0.29, 0.717) is 19.1 Å². The molecule has 2 aliphatic rings. The minimum Gasteiger partial charge on any atom is -0.449 e. The number of rotatable bonds is 6. The first-order valence-electron chi connectivity index (χ1n) is 10.6. The summed E-state index contributed by atoms with van der Waals surface area (Å²) in [5, 5.41) is 2.98. The molecule has 1 aromatic carbocycles. The third-order valence-corrected chi connectivity index (χ3v) is 8.23. The Morgan fingerprint density at radius 3 is 2.58 bits per heavy atom. The second kappa shape index (κ2) is 10.3. The van der Waals surface area contributed by atoms with Crippen molar-refractivity contribution < 1.29 is 27.5 Å². The van der Waals surface area contributed by atoms with Crippen LogP contribution in [0.25, 0.3) is 0 Å². The fraction of sp³-hybridized carbons (Fsp3) is 0.619. The first-order chi connectivity index (χ1) is 14.7. The van der Waals surface area contributed by atoms with Crippen molar-refractivity contribution in [2.75, 3.05) is 26.3 Å². The number of amides is 1. The Balaban J connectivity index is 1.68. The van der Waals surface area contributed by atoms with Gasteiger partial charge in [-0.2, -0.15) is 4.31 Å². The number of nitrogens with one attached hydrogen (secondary N) is 1. The minimum atomic E-state index is -3.88. The van der Waals surface area contributed by atoms with E-state index in [2.05, 4.69) is 12.2 Å². The van der Waals surface area contributed by atoms with Gasteiger partial charge in [-0.05, 0) is 43.9 Å². The maximum atomic E-state index is 12.9. The van der Waals surface area contributed by atoms with Crippen molar-refractivity contribution >= 4 is 33.5 Å². The van der Waals surface area contributed by atoms with Crippen molar-refractivity contribution in [2.24, 2.45) is 5.92 Å². The van der Waals surface area contributed by atoms with Crippen LogP contribution in [-0.4, -0.2) is 63.0 Å². The van der Waals surface area contributed by atoms with Crippen LogP contribution in [0.2, 0.25) is 5.02 Å². The van der Waals surface area contributed by atoms with Crippen molar-refractivity contribution in [3.8, 4) is 0 Å². The fourth-order valence-electron chi connectivity index (χ4n) is 3.87. The highest BCUT2D eigenvalue weighted by atomic mass is 35.5. The molecule has 31 heavy (non-hydrogen) atoms. The number of halogens is 1. The number of morpholine rings is 1. The van der Waals surface area contributed by atoms with Gasteiger partial charge in [-0.25, -0.2) is 13.2 Å². The van der Waals surface area contributed by atoms with Gasteiger partial charge in [0.05, 0.1) is 23.8 Å². The first-order valence-corrected chi connectivity index (χ1v) is 12.4. The van der Waals surface area contributed by atoms with Crippen molar-refractivity contribution in [1.29, 1.82) is 0 Å². The Kier molecular flexibility index (Phi) is 7.96. The third kappa shape index (κ3) is 5.77. The van der Waals surface area contributed by atoms with E-state index in [9.17, 15) is 18.0 Å². The molecule has 1 saturated carbocycles. The van der Waals surface area contributed by atoms with Crippen LogP contribution in [0.4, 0.5) is 0 Å². The lowest BCUT2D eigenvalue weighted by atomic mass is 9.86. The largest absolute Gasteiger partial charge is 0.449 e. The van der Waals surface area contributed by atoms with E-state index >= 15 is 0 Å². The second-order valence-corrected chi connectivity index (χ2v) is 10.4. The number of benzene rings is 1. The summed E-state index contributed by atoms with van der Waals surface area (Å²) < 4.78 is 37.6. The molecule has 1 aliphatic heterocycles. The number of ether oxygens (including phenoxy) is 2. The lowest BCUT2D eigenvalue weighted by Crippen LogP contribution is -2.46. The average molecular weight is 473 g/mol. The topological polar surface area (TPSA) is 102 Å². The maximum absolute atomic E-state index is 12.9. The van der Waals surface area contributed by atoms with E-state index in [0.717, 1.165) is 25.7 Å². The molecule has 1 aromatic rings. The van der Waals surface area contributed by atoms with Crippen molar-refractivity contribution in [3.05, 3.63) is 28.8 Å². The van der Waals surface area contributed by atoms with E-state index in [1.807, 2.05) is 0 Å². The second-order valence-electron chi connectivity index (χ2n) is 8.09. The molecule has 172 valence electrons. The van der Waals surface area contributed by atoms with Gasteiger partial charge in [0.25, 0.3) is 5.91 Å². The first kappa shape index (κ1) is 24.0. The molecule has 3 rings (SSSR count). The van der Waals surface area contributed by atoms with E-state index in [4.69, 9.17) is 21.1 Å². The zero-order valence-electron chi connectivity index (χ0n) is 17.8. The van der Waals surface area contributed by atoms with Gasteiger partial charge in [0.1, 0.15) is 4.90 Å². The van der Waals surface area contributed by atoms with Gasteiger partial charge in [0.2, 0.25) is 10.0 Å². The predicted octanol–water partition coefficient (Wildman–Crippen LogP) is 2.60. The highest BCUT2D eigenvalue weighted by Gasteiger charge is 2.30. The van der Waals surface area contributed by atoms with Gasteiger partial charge in [-0.15, -0.1) is 0 Å². The normalized spacial score (nSPS) is 23.7. The van der Waals surface area contributed by atoms with Crippen LogP contribution in [0.15, 0.2) is 23.1 Å². The fourth-order valence-corrected chi connectivity index (χ4v) is 5.78. The van der Waals surface area contributed by atoms with Crippen LogP contribution in [0.1, 0.15) is 49.9 Å². The molecule has 1 amide bonds. The van der Waals surface area contributed by atoms with Gasteiger partial charge in [0, 0.05) is 19.1 Å². The van der Waals surface area contributed by atoms with Crippen LogP contribution in [0, 0.1) is 5.92 Å². The molecular weight excluding hydrogens is 444 g/mol. The summed E-state index contributed by atoms with van der Waals surface area (Å²) in [4.78, 5) is 24.9. The van der Waals surface area contributed by atoms with E-state index in [1.54, 1.807) is 0 Å². The van der Waals surface area contributed by atoms with Crippen LogP contribution in [0.3, 0.4) is 0 Å². The Morgan fingerprint density at radius 1 is 1.23 bits per heavy atom. The number of carbonyl (C=O) groups excluding carboxylic acids is 2. The molecule has 8 nitrogen and oxygen atoms in total. The van der Waals surface area contributed by atoms with Gasteiger partial charge < -0.3 is 14.8 Å². The Morgan fingerprint density at radius 2 is 1.90 bits per heavy atom. The van der Waals surface area contributed by atoms with Crippen LogP contribution < -0.4 is 5.32 Å². The lowest BCUT2D eigenvalue weighted by molar-refractivity contribution is -0.130. The molecule has 1 heterocycles. The van der Waals surface area contributed by atoms with E-state index < -0.39 is 22.1 Å². The number of nitrogens with zero attached hydrogens (tertiary/aromatic N) is 1. The summed E-state index contributed by atoms with van der Waals surface area (Å²) in [6.07, 6.45) is 3.19. The van der Waals surface area contributed by atoms with Crippen molar-refractivity contribution in [1.82, 2.24) is 9.62 Å². The SMILES string of the molecule is C[C@@H](OC(=O)c1ccc(Cl)c(S(=O)(=O)N2CCOCC2)c1)C(=O)N[C@@H]1CCCC[C@@H]1C. The number of sulfonamides is 1. The molecule has 0 radical (unpaired) electrons. The zero-order valence-corrected chi connectivity index (χ0v) is 19.4. The molecule has 0 unspecified atom stereocenters. The standard InChI is InChI=1S/C21H29ClN2O6S/c1-14-5-3-4-6-18(14)23-20(25)15(2)30-21(26)16-7-8-17(22)19(13-16)31(27,28)24-9-11-29-12-10-24/h7-8,13-15,18H,3-6,9-12H2,1-2H3,(H,23,25)/t14-,15+,18+/m0/s1. The molecule has 1 N–H and O–H groups in total. The molecule has 3 atom stereocenters. The quantitative estimate of drug-likeness (QED) is 0.638. The lowest BCUT2D eigenvalue weighted by Gasteiger charge is -2.30.